The minimum absolute atomic E-state index is 0.107. The minimum Gasteiger partial charge on any atom is -0.454 e. The number of ether oxygens (including phenoxy) is 3. The molecule has 1 aliphatic heterocycles. The quantitative estimate of drug-likeness (QED) is 0.0195. The van der Waals surface area contributed by atoms with Crippen molar-refractivity contribution >= 4 is 11.9 Å². The lowest BCUT2D eigenvalue weighted by atomic mass is 9.99. The lowest BCUT2D eigenvalue weighted by Gasteiger charge is -2.41. The van der Waals surface area contributed by atoms with E-state index >= 15 is 0 Å². The molecule has 1 amide bonds. The van der Waals surface area contributed by atoms with Crippen LogP contribution >= 0.6 is 0 Å². The largest absolute Gasteiger partial charge is 0.454 e. The van der Waals surface area contributed by atoms with E-state index in [1.165, 1.54) is 199 Å². The number of carbonyl (C=O) groups is 2. The molecule has 75 heavy (non-hydrogen) atoms. The molecule has 1 aliphatic rings. The maximum atomic E-state index is 13.4. The maximum absolute atomic E-state index is 13.4. The second-order valence-corrected chi connectivity index (χ2v) is 22.5. The smallest absolute Gasteiger partial charge is 0.306 e. The molecule has 0 spiro atoms. The second-order valence-electron chi connectivity index (χ2n) is 22.5. The topological polar surface area (TPSA) is 175 Å². The summed E-state index contributed by atoms with van der Waals surface area (Å²) in [5.41, 5.74) is 0. The highest BCUT2D eigenvalue weighted by Gasteiger charge is 2.47. The summed E-state index contributed by atoms with van der Waals surface area (Å²) in [4.78, 5) is 26.5. The molecule has 0 radical (unpaired) electrons. The van der Waals surface area contributed by atoms with E-state index in [0.29, 0.717) is 19.3 Å². The lowest BCUT2D eigenvalue weighted by molar-refractivity contribution is -0.305. The molecule has 0 aliphatic carbocycles. The second kappa shape index (κ2) is 52.8. The van der Waals surface area contributed by atoms with E-state index in [-0.39, 0.29) is 13.0 Å². The maximum Gasteiger partial charge on any atom is 0.306 e. The molecule has 8 atom stereocenters. The number of nitrogens with one attached hydrogen (secondary N) is 1. The number of hydrogen-bond acceptors (Lipinski definition) is 10. The van der Waals surface area contributed by atoms with Crippen LogP contribution in [0.15, 0.2) is 24.3 Å². The van der Waals surface area contributed by atoms with Crippen molar-refractivity contribution in [2.24, 2.45) is 0 Å². The van der Waals surface area contributed by atoms with Crippen LogP contribution in [0.2, 0.25) is 0 Å². The number of esters is 1. The van der Waals surface area contributed by atoms with Crippen molar-refractivity contribution in [1.29, 1.82) is 0 Å². The van der Waals surface area contributed by atoms with Crippen molar-refractivity contribution in [3.8, 4) is 0 Å². The highest BCUT2D eigenvalue weighted by molar-refractivity contribution is 5.80. The Bertz CT molecular complexity index is 1310. The van der Waals surface area contributed by atoms with Gasteiger partial charge in [0.25, 0.3) is 0 Å². The molecule has 0 aromatic heterocycles. The van der Waals surface area contributed by atoms with E-state index in [1.807, 2.05) is 6.08 Å². The molecule has 1 heterocycles. The molecule has 0 aromatic rings. The van der Waals surface area contributed by atoms with Crippen LogP contribution in [0.1, 0.15) is 310 Å². The Balaban J connectivity index is 2.65. The summed E-state index contributed by atoms with van der Waals surface area (Å²) in [6.45, 7) is 5.80. The lowest BCUT2D eigenvalue weighted by Crippen LogP contribution is -2.61. The van der Waals surface area contributed by atoms with E-state index in [0.717, 1.165) is 64.2 Å². The van der Waals surface area contributed by atoms with Crippen molar-refractivity contribution in [2.45, 2.75) is 359 Å². The number of carbonyl (C=O) groups excluding carboxylic acids is 2. The normalized spacial score (nSPS) is 19.3. The molecule has 1 saturated heterocycles. The number of hydrogen-bond donors (Lipinski definition) is 6. The first-order valence-electron chi connectivity index (χ1n) is 32.1. The summed E-state index contributed by atoms with van der Waals surface area (Å²) in [6.07, 6.45) is 50.8. The summed E-state index contributed by atoms with van der Waals surface area (Å²) in [5, 5.41) is 57.0. The zero-order chi connectivity index (χ0) is 54.7. The highest BCUT2D eigenvalue weighted by Crippen LogP contribution is 2.26. The first-order valence-corrected chi connectivity index (χ1v) is 32.1. The standard InChI is InChI=1S/C64H121NO10/c1-4-7-10-13-16-19-22-25-26-27-28-29-30-31-34-36-39-42-45-48-51-57(68)63(72)65-55(56(67)50-47-44-41-38-35-32-23-20-17-14-11-8-5-2)54-73-64-62(61(71)60(70)58(53-66)74-64)75-59(69)52-49-46-43-40-37-33-24-21-18-15-12-9-6-3/h33,37,47,50,55-58,60-62,64,66-68,70-71H,4-32,34-36,38-46,48-49,51-54H2,1-3H3,(H,65,72)/b37-33-,50-47+. The van der Waals surface area contributed by atoms with Crippen LogP contribution in [-0.2, 0) is 23.8 Å². The SMILES string of the molecule is CCCCCCCC/C=C\CCCCCC(=O)OC1C(OCC(NC(=O)C(O)CCCCCCCCCCCCCCCCCCCCCC)C(O)/C=C/CCCCCCCCCCCCC)OC(CO)C(O)C1O. The molecule has 8 unspecified atom stereocenters. The fraction of sp³-hybridized carbons (Fsp3) is 0.906. The van der Waals surface area contributed by atoms with Crippen molar-refractivity contribution in [3.05, 3.63) is 24.3 Å². The van der Waals surface area contributed by atoms with Crippen molar-refractivity contribution in [3.63, 3.8) is 0 Å². The third-order valence-corrected chi connectivity index (χ3v) is 15.4. The Morgan fingerprint density at radius 3 is 1.29 bits per heavy atom. The van der Waals surface area contributed by atoms with Gasteiger partial charge in [-0.1, -0.05) is 276 Å². The van der Waals surface area contributed by atoms with Gasteiger partial charge in [0.05, 0.1) is 25.4 Å². The summed E-state index contributed by atoms with van der Waals surface area (Å²) in [5.74, 6) is -1.20. The number of allylic oxidation sites excluding steroid dienone is 3. The molecule has 1 fully saturated rings. The van der Waals surface area contributed by atoms with E-state index < -0.39 is 67.4 Å². The van der Waals surface area contributed by atoms with E-state index in [4.69, 9.17) is 14.2 Å². The predicted octanol–water partition coefficient (Wildman–Crippen LogP) is 15.3. The minimum atomic E-state index is -1.61. The van der Waals surface area contributed by atoms with Gasteiger partial charge in [0.15, 0.2) is 12.4 Å². The number of aliphatic hydroxyl groups excluding tert-OH is 5. The zero-order valence-corrected chi connectivity index (χ0v) is 48.9. The van der Waals surface area contributed by atoms with Crippen LogP contribution in [-0.4, -0.2) is 99.6 Å². The molecule has 442 valence electrons. The van der Waals surface area contributed by atoms with Crippen LogP contribution < -0.4 is 5.32 Å². The summed E-state index contributed by atoms with van der Waals surface area (Å²) in [6, 6.07) is -1.02. The first-order chi connectivity index (χ1) is 36.7. The zero-order valence-electron chi connectivity index (χ0n) is 48.9. The number of aliphatic hydroxyl groups is 5. The van der Waals surface area contributed by atoms with Gasteiger partial charge in [0.2, 0.25) is 5.91 Å². The van der Waals surface area contributed by atoms with Gasteiger partial charge in [-0.2, -0.15) is 0 Å². The Kier molecular flexibility index (Phi) is 50.1. The number of unbranched alkanes of at least 4 members (excludes halogenated alkanes) is 39. The van der Waals surface area contributed by atoms with Crippen LogP contribution in [0.25, 0.3) is 0 Å². The molecule has 11 nitrogen and oxygen atoms in total. The van der Waals surface area contributed by atoms with Gasteiger partial charge in [-0.3, -0.25) is 9.59 Å². The van der Waals surface area contributed by atoms with Gasteiger partial charge >= 0.3 is 5.97 Å². The highest BCUT2D eigenvalue weighted by atomic mass is 16.7. The van der Waals surface area contributed by atoms with Crippen molar-refractivity contribution < 1.29 is 49.3 Å². The fourth-order valence-corrected chi connectivity index (χ4v) is 10.2. The fourth-order valence-electron chi connectivity index (χ4n) is 10.2. The summed E-state index contributed by atoms with van der Waals surface area (Å²) in [7, 11) is 0. The van der Waals surface area contributed by atoms with Gasteiger partial charge < -0.3 is 45.1 Å². The molecule has 11 heteroatoms. The van der Waals surface area contributed by atoms with Gasteiger partial charge in [-0.05, 0) is 51.4 Å². The molecule has 0 aromatic carbocycles. The van der Waals surface area contributed by atoms with Gasteiger partial charge in [0.1, 0.15) is 24.4 Å². The Morgan fingerprint density at radius 2 is 0.880 bits per heavy atom. The Labute approximate surface area is 461 Å². The first kappa shape index (κ1) is 71.2. The molecular weight excluding hydrogens is 943 g/mol. The summed E-state index contributed by atoms with van der Waals surface area (Å²) < 4.78 is 17.6. The van der Waals surface area contributed by atoms with Crippen LogP contribution in [0.3, 0.4) is 0 Å². The average molecular weight is 1060 g/mol. The van der Waals surface area contributed by atoms with Gasteiger partial charge in [0, 0.05) is 6.42 Å². The molecule has 6 N–H and O–H groups in total. The number of rotatable bonds is 55. The molecule has 0 saturated carbocycles. The van der Waals surface area contributed by atoms with Crippen molar-refractivity contribution in [1.82, 2.24) is 5.32 Å². The Hall–Kier alpha value is -1.86. The third kappa shape index (κ3) is 40.9. The summed E-state index contributed by atoms with van der Waals surface area (Å²) >= 11 is 0. The Morgan fingerprint density at radius 1 is 0.507 bits per heavy atom. The third-order valence-electron chi connectivity index (χ3n) is 15.4. The van der Waals surface area contributed by atoms with Crippen LogP contribution in [0.4, 0.5) is 0 Å². The molecule has 0 bridgehead atoms. The average Bonchev–Trinajstić information content (AvgIpc) is 3.41. The predicted molar refractivity (Wildman–Crippen MR) is 311 cm³/mol. The van der Waals surface area contributed by atoms with E-state index in [1.54, 1.807) is 6.08 Å². The number of amides is 1. The van der Waals surface area contributed by atoms with E-state index in [2.05, 4.69) is 38.2 Å². The molecule has 1 rings (SSSR count). The van der Waals surface area contributed by atoms with E-state index in [9.17, 15) is 35.1 Å². The van der Waals surface area contributed by atoms with Crippen LogP contribution in [0.5, 0.6) is 0 Å². The monoisotopic (exact) mass is 1060 g/mol. The van der Waals surface area contributed by atoms with Crippen LogP contribution in [0, 0.1) is 0 Å². The molecular formula is C64H121NO10. The van der Waals surface area contributed by atoms with Gasteiger partial charge in [-0.25, -0.2) is 0 Å². The van der Waals surface area contributed by atoms with Crippen molar-refractivity contribution in [2.75, 3.05) is 13.2 Å². The van der Waals surface area contributed by atoms with Gasteiger partial charge in [-0.15, -0.1) is 0 Å².